The van der Waals surface area contributed by atoms with Crippen LogP contribution in [0.15, 0.2) is 5.03 Å². The van der Waals surface area contributed by atoms with Crippen molar-refractivity contribution in [1.29, 1.82) is 0 Å². The molecular formula is C12H20ClN3O2S. The van der Waals surface area contributed by atoms with Crippen LogP contribution < -0.4 is 0 Å². The molecule has 7 heteroatoms. The average molecular weight is 306 g/mol. The maximum atomic E-state index is 12.7. The number of nitrogens with one attached hydrogen (secondary N) is 1. The van der Waals surface area contributed by atoms with E-state index in [1.54, 1.807) is 11.2 Å². The molecule has 2 heterocycles. The fourth-order valence-corrected chi connectivity index (χ4v) is 4.79. The molecule has 0 spiro atoms. The molecule has 2 rings (SSSR count). The molecule has 1 N–H and O–H groups in total. The van der Waals surface area contributed by atoms with E-state index in [2.05, 4.69) is 10.2 Å². The molecule has 1 fully saturated rings. The highest BCUT2D eigenvalue weighted by Crippen LogP contribution is 2.27. The Hall–Kier alpha value is -0.590. The summed E-state index contributed by atoms with van der Waals surface area (Å²) in [6, 6.07) is 0.0210. The number of nitrogens with zero attached hydrogens (tertiary/aromatic N) is 2. The molecule has 108 valence electrons. The van der Waals surface area contributed by atoms with Crippen LogP contribution in [0.5, 0.6) is 0 Å². The van der Waals surface area contributed by atoms with Gasteiger partial charge in [0.25, 0.3) is 10.0 Å². The number of rotatable bonds is 3. The fraction of sp³-hybridized carbons (Fsp3) is 0.750. The Labute approximate surface area is 119 Å². The van der Waals surface area contributed by atoms with Gasteiger partial charge in [0.15, 0.2) is 5.03 Å². The van der Waals surface area contributed by atoms with Crippen LogP contribution in [0.3, 0.4) is 0 Å². The van der Waals surface area contributed by atoms with Crippen LogP contribution in [0.4, 0.5) is 0 Å². The molecule has 0 aliphatic carbocycles. The third-order valence-corrected chi connectivity index (χ3v) is 5.97. The van der Waals surface area contributed by atoms with Gasteiger partial charge in [-0.1, -0.05) is 12.8 Å². The van der Waals surface area contributed by atoms with Crippen molar-refractivity contribution in [1.82, 2.24) is 14.5 Å². The minimum absolute atomic E-state index is 0.0210. The van der Waals surface area contributed by atoms with Crippen molar-refractivity contribution in [2.45, 2.75) is 56.5 Å². The Balaban J connectivity index is 2.40. The smallest absolute Gasteiger partial charge is 0.262 e. The molecule has 0 saturated carbocycles. The quantitative estimate of drug-likeness (QED) is 0.872. The van der Waals surface area contributed by atoms with E-state index in [9.17, 15) is 8.42 Å². The maximum absolute atomic E-state index is 12.7. The lowest BCUT2D eigenvalue weighted by atomic mass is 10.1. The molecule has 1 saturated heterocycles. The van der Waals surface area contributed by atoms with Crippen molar-refractivity contribution in [3.8, 4) is 0 Å². The first-order valence-electron chi connectivity index (χ1n) is 6.60. The third kappa shape index (κ3) is 2.80. The molecule has 5 nitrogen and oxygen atoms in total. The summed E-state index contributed by atoms with van der Waals surface area (Å²) in [4.78, 5) is 0. The first-order chi connectivity index (χ1) is 8.98. The molecule has 1 aliphatic rings. The van der Waals surface area contributed by atoms with Crippen LogP contribution in [-0.4, -0.2) is 35.5 Å². The largest absolute Gasteiger partial charge is 0.281 e. The predicted octanol–water partition coefficient (Wildman–Crippen LogP) is 2.41. The highest BCUT2D eigenvalue weighted by molar-refractivity contribution is 7.89. The van der Waals surface area contributed by atoms with Crippen molar-refractivity contribution < 1.29 is 8.42 Å². The van der Waals surface area contributed by atoms with E-state index < -0.39 is 10.0 Å². The van der Waals surface area contributed by atoms with Gasteiger partial charge < -0.3 is 0 Å². The number of hydrogen-bond donors (Lipinski definition) is 1. The predicted molar refractivity (Wildman–Crippen MR) is 74.7 cm³/mol. The molecule has 1 atom stereocenters. The Kier molecular flexibility index (Phi) is 4.53. The van der Waals surface area contributed by atoms with Crippen molar-refractivity contribution in [3.63, 3.8) is 0 Å². The van der Waals surface area contributed by atoms with Gasteiger partial charge in [-0.25, -0.2) is 8.42 Å². The molecular weight excluding hydrogens is 286 g/mol. The summed E-state index contributed by atoms with van der Waals surface area (Å²) in [5.41, 5.74) is 1.30. The minimum Gasteiger partial charge on any atom is -0.281 e. The molecule has 1 unspecified atom stereocenters. The second kappa shape index (κ2) is 5.81. The summed E-state index contributed by atoms with van der Waals surface area (Å²) in [5.74, 6) is 0.152. The lowest BCUT2D eigenvalue weighted by Gasteiger charge is -2.25. The Morgan fingerprint density at radius 1 is 1.42 bits per heavy atom. The lowest BCUT2D eigenvalue weighted by Crippen LogP contribution is -2.38. The fourth-order valence-electron chi connectivity index (χ4n) is 2.52. The first-order valence-corrected chi connectivity index (χ1v) is 8.57. The Bertz CT molecular complexity index is 541. The summed E-state index contributed by atoms with van der Waals surface area (Å²) >= 11 is 5.85. The van der Waals surface area contributed by atoms with Crippen LogP contribution in [0.1, 0.15) is 43.9 Å². The van der Waals surface area contributed by atoms with E-state index in [1.165, 1.54) is 0 Å². The number of H-pyrrole nitrogens is 1. The van der Waals surface area contributed by atoms with Crippen molar-refractivity contribution in [3.05, 3.63) is 11.3 Å². The maximum Gasteiger partial charge on any atom is 0.262 e. The van der Waals surface area contributed by atoms with Crippen molar-refractivity contribution >= 4 is 21.6 Å². The Morgan fingerprint density at radius 3 is 2.84 bits per heavy atom. The number of aryl methyl sites for hydroxylation is 1. The molecule has 0 bridgehead atoms. The molecule has 0 aromatic carbocycles. The van der Waals surface area contributed by atoms with E-state index in [1.807, 2.05) is 6.92 Å². The van der Waals surface area contributed by atoms with Crippen LogP contribution in [0, 0.1) is 6.92 Å². The van der Waals surface area contributed by atoms with Gasteiger partial charge in [0.1, 0.15) is 0 Å². The van der Waals surface area contributed by atoms with Crippen LogP contribution in [-0.2, 0) is 15.9 Å². The van der Waals surface area contributed by atoms with E-state index in [0.29, 0.717) is 12.1 Å². The number of sulfonamides is 1. The van der Waals surface area contributed by atoms with Gasteiger partial charge >= 0.3 is 0 Å². The number of hydrogen-bond acceptors (Lipinski definition) is 3. The summed E-state index contributed by atoms with van der Waals surface area (Å²) in [7, 11) is -3.55. The molecule has 1 aliphatic heterocycles. The molecule has 19 heavy (non-hydrogen) atoms. The zero-order chi connectivity index (χ0) is 14.0. The highest BCUT2D eigenvalue weighted by atomic mass is 35.5. The van der Waals surface area contributed by atoms with Gasteiger partial charge in [-0.15, -0.1) is 11.6 Å². The Morgan fingerprint density at radius 2 is 2.16 bits per heavy atom. The first kappa shape index (κ1) is 14.8. The standard InChI is InChI=1S/C12H20ClN3O2S/c1-9-6-4-3-5-7-16(9)19(17,18)12-11(8-13)10(2)14-15-12/h9H,3-8H2,1-2H3,(H,14,15). The molecule has 1 aromatic rings. The highest BCUT2D eigenvalue weighted by Gasteiger charge is 2.33. The van der Waals surface area contributed by atoms with Crippen LogP contribution in [0.2, 0.25) is 0 Å². The second-order valence-corrected chi connectivity index (χ2v) is 7.15. The van der Waals surface area contributed by atoms with Gasteiger partial charge in [-0.05, 0) is 26.7 Å². The second-order valence-electron chi connectivity index (χ2n) is 5.08. The zero-order valence-electron chi connectivity index (χ0n) is 11.3. The van der Waals surface area contributed by atoms with Crippen molar-refractivity contribution in [2.75, 3.05) is 6.54 Å². The summed E-state index contributed by atoms with van der Waals surface area (Å²) in [6.45, 7) is 4.31. The van der Waals surface area contributed by atoms with Crippen molar-refractivity contribution in [2.24, 2.45) is 0 Å². The van der Waals surface area contributed by atoms with Gasteiger partial charge in [0.05, 0.1) is 5.88 Å². The summed E-state index contributed by atoms with van der Waals surface area (Å²) in [5, 5.41) is 6.77. The monoisotopic (exact) mass is 305 g/mol. The van der Waals surface area contributed by atoms with E-state index in [0.717, 1.165) is 31.4 Å². The van der Waals surface area contributed by atoms with E-state index >= 15 is 0 Å². The van der Waals surface area contributed by atoms with Crippen LogP contribution in [0.25, 0.3) is 0 Å². The number of halogens is 1. The summed E-state index contributed by atoms with van der Waals surface area (Å²) in [6.07, 6.45) is 3.97. The SMILES string of the molecule is Cc1[nH]nc(S(=O)(=O)N2CCCCCC2C)c1CCl. The number of aromatic nitrogens is 2. The molecule has 0 amide bonds. The normalized spacial score (nSPS) is 22.4. The molecule has 0 radical (unpaired) electrons. The number of aromatic amines is 1. The minimum atomic E-state index is -3.55. The molecule has 1 aromatic heterocycles. The van der Waals surface area contributed by atoms with E-state index in [-0.39, 0.29) is 16.9 Å². The third-order valence-electron chi connectivity index (χ3n) is 3.71. The topological polar surface area (TPSA) is 66.1 Å². The van der Waals surface area contributed by atoms with E-state index in [4.69, 9.17) is 11.6 Å². The summed E-state index contributed by atoms with van der Waals surface area (Å²) < 4.78 is 27.0. The van der Waals surface area contributed by atoms with Gasteiger partial charge in [0.2, 0.25) is 0 Å². The van der Waals surface area contributed by atoms with Gasteiger partial charge in [-0.2, -0.15) is 9.40 Å². The average Bonchev–Trinajstić information content (AvgIpc) is 2.60. The van der Waals surface area contributed by atoms with Gasteiger partial charge in [-0.3, -0.25) is 5.10 Å². The zero-order valence-corrected chi connectivity index (χ0v) is 12.9. The van der Waals surface area contributed by atoms with Gasteiger partial charge in [0, 0.05) is 23.8 Å². The number of alkyl halides is 1. The van der Waals surface area contributed by atoms with Crippen LogP contribution >= 0.6 is 11.6 Å². The lowest BCUT2D eigenvalue weighted by molar-refractivity contribution is 0.340.